The number of nitrogens with zero attached hydrogens (tertiary/aromatic N) is 2. The molecule has 9 heteroatoms. The van der Waals surface area contributed by atoms with E-state index in [1.807, 2.05) is 24.3 Å². The summed E-state index contributed by atoms with van der Waals surface area (Å²) in [5.74, 6) is 2.32. The molecule has 2 aromatic rings. The Hall–Kier alpha value is -1.53. The van der Waals surface area contributed by atoms with E-state index in [1.165, 1.54) is 57.4 Å². The molecule has 0 amide bonds. The van der Waals surface area contributed by atoms with Crippen molar-refractivity contribution < 1.29 is 17.7 Å². The zero-order chi connectivity index (χ0) is 29.5. The van der Waals surface area contributed by atoms with E-state index in [0.29, 0.717) is 5.82 Å². The number of hydrogen-bond donors (Lipinski definition) is 0. The van der Waals surface area contributed by atoms with Crippen LogP contribution in [0.3, 0.4) is 0 Å². The maximum atomic E-state index is 6.62. The molecule has 1 heterocycles. The second kappa shape index (κ2) is 17.4. The fraction of sp³-hybridized carbons (Fsp3) is 0.677. The molecule has 0 saturated carbocycles. The van der Waals surface area contributed by atoms with Gasteiger partial charge in [0.15, 0.2) is 28.2 Å². The third kappa shape index (κ3) is 15.5. The predicted octanol–water partition coefficient (Wildman–Crippen LogP) is 9.60. The lowest BCUT2D eigenvalue weighted by molar-refractivity contribution is 0.302. The van der Waals surface area contributed by atoms with Crippen LogP contribution in [0.25, 0.3) is 11.4 Å². The van der Waals surface area contributed by atoms with E-state index in [9.17, 15) is 0 Å². The average Bonchev–Trinajstić information content (AvgIpc) is 2.86. The zero-order valence-electron chi connectivity index (χ0n) is 26.7. The van der Waals surface area contributed by atoms with Gasteiger partial charge in [0, 0.05) is 5.56 Å². The topological polar surface area (TPSA) is 62.7 Å². The summed E-state index contributed by atoms with van der Waals surface area (Å²) in [4.78, 5) is 8.98. The van der Waals surface area contributed by atoms with Gasteiger partial charge < -0.3 is 17.7 Å². The van der Waals surface area contributed by atoms with Gasteiger partial charge in [-0.15, -0.1) is 0 Å². The lowest BCUT2D eigenvalue weighted by atomic mass is 10.1. The fourth-order valence-corrected chi connectivity index (χ4v) is 18.3. The number of unbranched alkanes of at least 4 members (excludes halogenated alkanes) is 8. The number of benzene rings is 1. The average molecular weight is 605 g/mol. The Morgan fingerprint density at radius 2 is 1.12 bits per heavy atom. The Kier molecular flexibility index (Phi) is 15.1. The van der Waals surface area contributed by atoms with Crippen LogP contribution in [0.2, 0.25) is 51.9 Å². The quantitative estimate of drug-likeness (QED) is 0.104. The van der Waals surface area contributed by atoms with Crippen LogP contribution in [0, 0.1) is 0 Å². The van der Waals surface area contributed by atoms with Crippen LogP contribution < -0.4 is 9.47 Å². The molecule has 0 atom stereocenters. The van der Waals surface area contributed by atoms with Gasteiger partial charge in [-0.25, -0.2) is 9.97 Å². The summed E-state index contributed by atoms with van der Waals surface area (Å²) in [6.45, 7) is 19.5. The highest BCUT2D eigenvalue weighted by atomic mass is 28.5. The molecule has 226 valence electrons. The molecule has 0 fully saturated rings. The van der Waals surface area contributed by atoms with Gasteiger partial charge in [0.05, 0.1) is 25.6 Å². The van der Waals surface area contributed by atoms with Crippen LogP contribution in [-0.4, -0.2) is 48.4 Å². The first-order valence-corrected chi connectivity index (χ1v) is 24.8. The highest BCUT2D eigenvalue weighted by Crippen LogP contribution is 2.25. The summed E-state index contributed by atoms with van der Waals surface area (Å²) in [6.07, 6.45) is 15.7. The van der Waals surface area contributed by atoms with Gasteiger partial charge in [0.25, 0.3) is 0 Å². The standard InChI is InChI=1S/C31H56N2O4Si3/c1-9-10-11-12-13-16-24-35-30-26-32-31(33-27-30)28-19-21-29(22-20-28)34-23-17-14-15-18-25-39(5,6)37-40(7,8)36-38(2,3)4/h19-22,26-27H,9-18,23-25H2,1-8H3. The summed E-state index contributed by atoms with van der Waals surface area (Å²) in [7, 11) is -5.31. The first-order valence-electron chi connectivity index (χ1n) is 15.5. The lowest BCUT2D eigenvalue weighted by Crippen LogP contribution is -2.51. The zero-order valence-corrected chi connectivity index (χ0v) is 29.7. The second-order valence-corrected chi connectivity index (χ2v) is 25.5. The highest BCUT2D eigenvalue weighted by Gasteiger charge is 2.37. The number of rotatable bonds is 21. The minimum absolute atomic E-state index is 0.701. The van der Waals surface area contributed by atoms with Gasteiger partial charge in [0.1, 0.15) is 5.75 Å². The minimum atomic E-state index is -2.04. The largest absolute Gasteiger partial charge is 0.494 e. The van der Waals surface area contributed by atoms with Crippen molar-refractivity contribution in [2.24, 2.45) is 0 Å². The molecule has 1 aromatic carbocycles. The van der Waals surface area contributed by atoms with Crippen molar-refractivity contribution in [3.05, 3.63) is 36.7 Å². The Labute approximate surface area is 248 Å². The van der Waals surface area contributed by atoms with Crippen molar-refractivity contribution >= 4 is 25.2 Å². The number of aromatic nitrogens is 2. The van der Waals surface area contributed by atoms with Crippen molar-refractivity contribution in [1.29, 1.82) is 0 Å². The van der Waals surface area contributed by atoms with Crippen LogP contribution in [0.15, 0.2) is 36.7 Å². The van der Waals surface area contributed by atoms with E-state index in [0.717, 1.165) is 43.1 Å². The molecule has 0 bridgehead atoms. The molecule has 0 unspecified atom stereocenters. The minimum Gasteiger partial charge on any atom is -0.494 e. The molecule has 6 nitrogen and oxygen atoms in total. The Morgan fingerprint density at radius 1 is 0.600 bits per heavy atom. The molecular formula is C31H56N2O4Si3. The van der Waals surface area contributed by atoms with Crippen molar-refractivity contribution in [2.75, 3.05) is 13.2 Å². The van der Waals surface area contributed by atoms with Crippen molar-refractivity contribution in [1.82, 2.24) is 9.97 Å². The van der Waals surface area contributed by atoms with Crippen LogP contribution in [-0.2, 0) is 8.23 Å². The number of hydrogen-bond acceptors (Lipinski definition) is 6. The van der Waals surface area contributed by atoms with Crippen molar-refractivity contribution in [3.63, 3.8) is 0 Å². The Bertz CT molecular complexity index is 949. The molecule has 0 aliphatic heterocycles. The van der Waals surface area contributed by atoms with E-state index >= 15 is 0 Å². The molecule has 0 saturated heterocycles. The number of ether oxygens (including phenoxy) is 2. The normalized spacial score (nSPS) is 12.5. The molecule has 1 aromatic heterocycles. The molecule has 40 heavy (non-hydrogen) atoms. The second-order valence-electron chi connectivity index (χ2n) is 12.9. The summed E-state index contributed by atoms with van der Waals surface area (Å²) in [5, 5.41) is 0. The highest BCUT2D eigenvalue weighted by molar-refractivity contribution is 6.87. The molecule has 0 N–H and O–H groups in total. The molecule has 2 rings (SSSR count). The molecule has 0 aliphatic rings. The first-order chi connectivity index (χ1) is 18.9. The Balaban J connectivity index is 1.61. The maximum Gasteiger partial charge on any atom is 0.311 e. The van der Waals surface area contributed by atoms with E-state index in [2.05, 4.69) is 62.7 Å². The predicted molar refractivity (Wildman–Crippen MR) is 176 cm³/mol. The van der Waals surface area contributed by atoms with Gasteiger partial charge in [-0.05, 0) is 89.0 Å². The summed E-state index contributed by atoms with van der Waals surface area (Å²) < 4.78 is 24.8. The smallest absolute Gasteiger partial charge is 0.311 e. The van der Waals surface area contributed by atoms with Gasteiger partial charge >= 0.3 is 8.56 Å². The van der Waals surface area contributed by atoms with Crippen LogP contribution in [0.1, 0.15) is 71.1 Å². The summed E-state index contributed by atoms with van der Waals surface area (Å²) >= 11 is 0. The van der Waals surface area contributed by atoms with E-state index in [1.54, 1.807) is 12.4 Å². The third-order valence-electron chi connectivity index (χ3n) is 6.52. The Morgan fingerprint density at radius 3 is 1.70 bits per heavy atom. The monoisotopic (exact) mass is 604 g/mol. The van der Waals surface area contributed by atoms with E-state index in [-0.39, 0.29) is 0 Å². The van der Waals surface area contributed by atoms with Crippen LogP contribution in [0.4, 0.5) is 0 Å². The maximum absolute atomic E-state index is 6.62. The summed E-state index contributed by atoms with van der Waals surface area (Å²) in [6, 6.07) is 9.23. The van der Waals surface area contributed by atoms with Gasteiger partial charge in [-0.1, -0.05) is 58.3 Å². The van der Waals surface area contributed by atoms with Crippen molar-refractivity contribution in [2.45, 2.75) is 123 Å². The van der Waals surface area contributed by atoms with Crippen LogP contribution >= 0.6 is 0 Å². The first kappa shape index (κ1) is 34.7. The van der Waals surface area contributed by atoms with E-state index < -0.39 is 25.2 Å². The fourth-order valence-electron chi connectivity index (χ4n) is 4.98. The molecule has 0 spiro atoms. The van der Waals surface area contributed by atoms with Gasteiger partial charge in [-0.2, -0.15) is 0 Å². The van der Waals surface area contributed by atoms with E-state index in [4.69, 9.17) is 17.7 Å². The molecular weight excluding hydrogens is 549 g/mol. The van der Waals surface area contributed by atoms with Gasteiger partial charge in [-0.3, -0.25) is 0 Å². The molecule has 0 radical (unpaired) electrons. The van der Waals surface area contributed by atoms with Gasteiger partial charge in [0.2, 0.25) is 0 Å². The third-order valence-corrected chi connectivity index (χ3v) is 16.7. The SMILES string of the molecule is CCCCCCCCOc1cnc(-c2ccc(OCCCCCC[Si](C)(C)O[Si](C)(C)O[Si](C)(C)C)cc2)nc1. The van der Waals surface area contributed by atoms with Crippen molar-refractivity contribution in [3.8, 4) is 22.9 Å². The van der Waals surface area contributed by atoms with Crippen LogP contribution in [0.5, 0.6) is 11.5 Å². The summed E-state index contributed by atoms with van der Waals surface area (Å²) in [5.41, 5.74) is 0.977. The lowest BCUT2D eigenvalue weighted by Gasteiger charge is -2.37. The molecule has 0 aliphatic carbocycles.